The number of hydrogen-bond donors (Lipinski definition) is 1. The van der Waals surface area contributed by atoms with Crippen molar-refractivity contribution in [2.45, 2.75) is 57.5 Å². The fraction of sp³-hybridized carbons (Fsp3) is 1.00. The van der Waals surface area contributed by atoms with Gasteiger partial charge in [0.15, 0.2) is 0 Å². The number of nitrogens with one attached hydrogen (secondary N) is 1. The van der Waals surface area contributed by atoms with Crippen LogP contribution in [0.3, 0.4) is 0 Å². The van der Waals surface area contributed by atoms with Gasteiger partial charge in [-0.3, -0.25) is 4.90 Å². The number of likely N-dealkylation sites (N-methyl/N-ethyl adjacent to an activating group) is 1. The van der Waals surface area contributed by atoms with Crippen LogP contribution in [0.25, 0.3) is 0 Å². The van der Waals surface area contributed by atoms with Crippen LogP contribution in [0.15, 0.2) is 0 Å². The van der Waals surface area contributed by atoms with E-state index in [9.17, 15) is 0 Å². The molecule has 0 aromatic heterocycles. The molecule has 1 unspecified atom stereocenters. The van der Waals surface area contributed by atoms with Gasteiger partial charge in [0.25, 0.3) is 0 Å². The topological polar surface area (TPSA) is 24.5 Å². The maximum Gasteiger partial charge on any atom is 0.0593 e. The number of hydrogen-bond acceptors (Lipinski definition) is 3. The molecule has 2 fully saturated rings. The van der Waals surface area contributed by atoms with Gasteiger partial charge in [0, 0.05) is 31.8 Å². The summed E-state index contributed by atoms with van der Waals surface area (Å²) in [5.74, 6) is 0.887. The monoisotopic (exact) mass is 254 g/mol. The molecule has 106 valence electrons. The lowest BCUT2D eigenvalue weighted by Crippen LogP contribution is -2.42. The standard InChI is InChI=1S/C15H30N2O/c1-3-4-15(11-16-14-7-8-14)17(2)9-10-18-12-13-5-6-13/h13-16H,3-12H2,1-2H3. The largest absolute Gasteiger partial charge is 0.380 e. The van der Waals surface area contributed by atoms with Gasteiger partial charge in [-0.15, -0.1) is 0 Å². The molecule has 3 nitrogen and oxygen atoms in total. The maximum absolute atomic E-state index is 5.73. The van der Waals surface area contributed by atoms with Crippen LogP contribution < -0.4 is 5.32 Å². The SMILES string of the molecule is CCCC(CNC1CC1)N(C)CCOCC1CC1. The van der Waals surface area contributed by atoms with Crippen molar-refractivity contribution in [3.63, 3.8) is 0 Å². The van der Waals surface area contributed by atoms with Crippen molar-refractivity contribution in [3.8, 4) is 0 Å². The summed E-state index contributed by atoms with van der Waals surface area (Å²) in [4.78, 5) is 2.48. The minimum absolute atomic E-state index is 0.681. The highest BCUT2D eigenvalue weighted by molar-refractivity contribution is 4.83. The van der Waals surface area contributed by atoms with Crippen molar-refractivity contribution in [2.75, 3.05) is 33.4 Å². The van der Waals surface area contributed by atoms with Crippen molar-refractivity contribution in [1.29, 1.82) is 0 Å². The fourth-order valence-electron chi connectivity index (χ4n) is 2.33. The van der Waals surface area contributed by atoms with E-state index < -0.39 is 0 Å². The molecule has 2 aliphatic rings. The van der Waals surface area contributed by atoms with E-state index in [2.05, 4.69) is 24.2 Å². The first-order chi connectivity index (χ1) is 8.79. The quantitative estimate of drug-likeness (QED) is 0.572. The Hall–Kier alpha value is -0.120. The normalized spacial score (nSPS) is 21.5. The van der Waals surface area contributed by atoms with Gasteiger partial charge in [0.2, 0.25) is 0 Å². The van der Waals surface area contributed by atoms with E-state index >= 15 is 0 Å². The molecular weight excluding hydrogens is 224 g/mol. The zero-order valence-corrected chi connectivity index (χ0v) is 12.2. The summed E-state index contributed by atoms with van der Waals surface area (Å²) in [6.45, 7) is 6.40. The average molecular weight is 254 g/mol. The average Bonchev–Trinajstić information content (AvgIpc) is 3.24. The Balaban J connectivity index is 1.56. The molecular formula is C15H30N2O. The van der Waals surface area contributed by atoms with Crippen LogP contribution >= 0.6 is 0 Å². The van der Waals surface area contributed by atoms with Gasteiger partial charge < -0.3 is 10.1 Å². The molecule has 2 rings (SSSR count). The molecule has 0 saturated heterocycles. The van der Waals surface area contributed by atoms with Crippen molar-refractivity contribution in [2.24, 2.45) is 5.92 Å². The molecule has 0 aromatic rings. The molecule has 3 heteroatoms. The number of rotatable bonds is 11. The zero-order valence-electron chi connectivity index (χ0n) is 12.2. The molecule has 0 bridgehead atoms. The van der Waals surface area contributed by atoms with Crippen molar-refractivity contribution in [1.82, 2.24) is 10.2 Å². The summed E-state index contributed by atoms with van der Waals surface area (Å²) in [6, 6.07) is 1.50. The van der Waals surface area contributed by atoms with E-state index in [1.807, 2.05) is 0 Å². The Kier molecular flexibility index (Phi) is 5.93. The first kappa shape index (κ1) is 14.3. The van der Waals surface area contributed by atoms with E-state index in [1.54, 1.807) is 0 Å². The highest BCUT2D eigenvalue weighted by Gasteiger charge is 2.23. The zero-order chi connectivity index (χ0) is 12.8. The van der Waals surface area contributed by atoms with E-state index in [1.165, 1.54) is 38.5 Å². The Morgan fingerprint density at radius 2 is 2.06 bits per heavy atom. The highest BCUT2D eigenvalue weighted by atomic mass is 16.5. The first-order valence-electron chi connectivity index (χ1n) is 7.81. The third kappa shape index (κ3) is 5.68. The first-order valence-corrected chi connectivity index (χ1v) is 7.81. The van der Waals surface area contributed by atoms with Crippen LogP contribution in [0.4, 0.5) is 0 Å². The molecule has 0 amide bonds. The lowest BCUT2D eigenvalue weighted by atomic mass is 10.1. The number of ether oxygens (including phenoxy) is 1. The molecule has 0 heterocycles. The van der Waals surface area contributed by atoms with Crippen molar-refractivity contribution >= 4 is 0 Å². The molecule has 2 aliphatic carbocycles. The molecule has 1 N–H and O–H groups in total. The predicted octanol–water partition coefficient (Wildman–Crippen LogP) is 2.27. The minimum Gasteiger partial charge on any atom is -0.380 e. The Labute approximate surface area is 112 Å². The number of nitrogens with zero attached hydrogens (tertiary/aromatic N) is 1. The summed E-state index contributed by atoms with van der Waals surface area (Å²) in [5, 5.41) is 3.66. The summed E-state index contributed by atoms with van der Waals surface area (Å²) >= 11 is 0. The second kappa shape index (κ2) is 7.46. The molecule has 0 aromatic carbocycles. The lowest BCUT2D eigenvalue weighted by Gasteiger charge is -2.28. The van der Waals surface area contributed by atoms with Gasteiger partial charge in [-0.05, 0) is 45.1 Å². The predicted molar refractivity (Wildman–Crippen MR) is 75.9 cm³/mol. The lowest BCUT2D eigenvalue weighted by molar-refractivity contribution is 0.0892. The molecule has 0 spiro atoms. The third-order valence-electron chi connectivity index (χ3n) is 4.10. The van der Waals surface area contributed by atoms with Crippen molar-refractivity contribution < 1.29 is 4.74 Å². The van der Waals surface area contributed by atoms with E-state index in [-0.39, 0.29) is 0 Å². The van der Waals surface area contributed by atoms with Crippen LogP contribution in [-0.4, -0.2) is 50.3 Å². The Morgan fingerprint density at radius 3 is 2.67 bits per heavy atom. The summed E-state index contributed by atoms with van der Waals surface area (Å²) < 4.78 is 5.73. The highest BCUT2D eigenvalue weighted by Crippen LogP contribution is 2.28. The molecule has 2 saturated carbocycles. The molecule has 1 atom stereocenters. The minimum atomic E-state index is 0.681. The Morgan fingerprint density at radius 1 is 1.28 bits per heavy atom. The molecule has 0 radical (unpaired) electrons. The van der Waals surface area contributed by atoms with Crippen LogP contribution in [0.1, 0.15) is 45.4 Å². The summed E-state index contributed by atoms with van der Waals surface area (Å²) in [5.41, 5.74) is 0. The van der Waals surface area contributed by atoms with Gasteiger partial charge in [-0.25, -0.2) is 0 Å². The Bertz CT molecular complexity index is 227. The van der Waals surface area contributed by atoms with Gasteiger partial charge in [-0.2, -0.15) is 0 Å². The summed E-state index contributed by atoms with van der Waals surface area (Å²) in [7, 11) is 2.25. The molecule has 0 aliphatic heterocycles. The van der Waals surface area contributed by atoms with E-state index in [0.29, 0.717) is 6.04 Å². The van der Waals surface area contributed by atoms with Crippen LogP contribution in [-0.2, 0) is 4.74 Å². The third-order valence-corrected chi connectivity index (χ3v) is 4.10. The van der Waals surface area contributed by atoms with Crippen molar-refractivity contribution in [3.05, 3.63) is 0 Å². The second-order valence-electron chi connectivity index (χ2n) is 6.12. The van der Waals surface area contributed by atoms with E-state index in [0.717, 1.165) is 38.3 Å². The van der Waals surface area contributed by atoms with Crippen LogP contribution in [0, 0.1) is 5.92 Å². The fourth-order valence-corrected chi connectivity index (χ4v) is 2.33. The smallest absolute Gasteiger partial charge is 0.0593 e. The van der Waals surface area contributed by atoms with Gasteiger partial charge in [0.05, 0.1) is 6.61 Å². The van der Waals surface area contributed by atoms with Gasteiger partial charge in [0.1, 0.15) is 0 Å². The summed E-state index contributed by atoms with van der Waals surface area (Å²) in [6.07, 6.45) is 8.10. The maximum atomic E-state index is 5.73. The van der Waals surface area contributed by atoms with Crippen LogP contribution in [0.2, 0.25) is 0 Å². The van der Waals surface area contributed by atoms with Crippen LogP contribution in [0.5, 0.6) is 0 Å². The van der Waals surface area contributed by atoms with Gasteiger partial charge >= 0.3 is 0 Å². The van der Waals surface area contributed by atoms with E-state index in [4.69, 9.17) is 4.74 Å². The molecule has 18 heavy (non-hydrogen) atoms. The second-order valence-corrected chi connectivity index (χ2v) is 6.12. The van der Waals surface area contributed by atoms with Gasteiger partial charge in [-0.1, -0.05) is 13.3 Å².